The average molecular weight is 214 g/mol. The smallest absolute Gasteiger partial charge is 0.225 e. The molecule has 0 spiro atoms. The average Bonchev–Trinajstić information content (AvgIpc) is 2.73. The molecule has 1 aromatic carbocycles. The SMILES string of the molecule is Nc1onc2c1CCCC2c1ccccc1. The van der Waals surface area contributed by atoms with E-state index >= 15 is 0 Å². The molecule has 0 amide bonds. The summed E-state index contributed by atoms with van der Waals surface area (Å²) in [7, 11) is 0. The Bertz CT molecular complexity index is 490. The Kier molecular flexibility index (Phi) is 2.17. The van der Waals surface area contributed by atoms with Crippen LogP contribution in [-0.2, 0) is 6.42 Å². The summed E-state index contributed by atoms with van der Waals surface area (Å²) in [6, 6.07) is 10.4. The number of benzene rings is 1. The second kappa shape index (κ2) is 3.67. The van der Waals surface area contributed by atoms with E-state index in [-0.39, 0.29) is 0 Å². The van der Waals surface area contributed by atoms with Crippen LogP contribution in [0.1, 0.15) is 35.6 Å². The largest absolute Gasteiger partial charge is 0.367 e. The van der Waals surface area contributed by atoms with Crippen molar-refractivity contribution in [3.8, 4) is 0 Å². The monoisotopic (exact) mass is 214 g/mol. The highest BCUT2D eigenvalue weighted by Crippen LogP contribution is 2.37. The van der Waals surface area contributed by atoms with Gasteiger partial charge in [-0.3, -0.25) is 0 Å². The fourth-order valence-corrected chi connectivity index (χ4v) is 2.49. The third-order valence-corrected chi connectivity index (χ3v) is 3.30. The highest BCUT2D eigenvalue weighted by atomic mass is 16.5. The van der Waals surface area contributed by atoms with Crippen molar-refractivity contribution in [1.82, 2.24) is 5.16 Å². The van der Waals surface area contributed by atoms with E-state index < -0.39 is 0 Å². The molecular weight excluding hydrogens is 200 g/mol. The van der Waals surface area contributed by atoms with Gasteiger partial charge in [-0.15, -0.1) is 0 Å². The lowest BCUT2D eigenvalue weighted by Gasteiger charge is -2.20. The fourth-order valence-electron chi connectivity index (χ4n) is 2.49. The van der Waals surface area contributed by atoms with Crippen LogP contribution in [0.3, 0.4) is 0 Å². The zero-order valence-electron chi connectivity index (χ0n) is 9.02. The number of fused-ring (bicyclic) bond motifs is 1. The van der Waals surface area contributed by atoms with Crippen LogP contribution in [0.25, 0.3) is 0 Å². The molecule has 1 aromatic heterocycles. The highest BCUT2D eigenvalue weighted by Gasteiger charge is 2.27. The fraction of sp³-hybridized carbons (Fsp3) is 0.308. The van der Waals surface area contributed by atoms with Crippen molar-refractivity contribution in [1.29, 1.82) is 0 Å². The van der Waals surface area contributed by atoms with E-state index in [1.165, 1.54) is 5.56 Å². The topological polar surface area (TPSA) is 52.0 Å². The van der Waals surface area contributed by atoms with Crippen LogP contribution in [0, 0.1) is 0 Å². The maximum Gasteiger partial charge on any atom is 0.225 e. The van der Waals surface area contributed by atoms with Crippen molar-refractivity contribution in [3.05, 3.63) is 47.2 Å². The summed E-state index contributed by atoms with van der Waals surface area (Å²) >= 11 is 0. The Morgan fingerprint density at radius 2 is 2.06 bits per heavy atom. The number of nitrogen functional groups attached to an aromatic ring is 1. The minimum atomic E-state index is 0.353. The summed E-state index contributed by atoms with van der Waals surface area (Å²) in [4.78, 5) is 0. The molecule has 1 aliphatic rings. The third kappa shape index (κ3) is 1.40. The molecule has 0 aliphatic heterocycles. The number of nitrogens with zero attached hydrogens (tertiary/aromatic N) is 1. The van der Waals surface area contributed by atoms with Crippen LogP contribution in [0.15, 0.2) is 34.9 Å². The van der Waals surface area contributed by atoms with Crippen LogP contribution in [0.4, 0.5) is 5.88 Å². The first kappa shape index (κ1) is 9.46. The second-order valence-electron chi connectivity index (χ2n) is 4.27. The van der Waals surface area contributed by atoms with Crippen LogP contribution >= 0.6 is 0 Å². The van der Waals surface area contributed by atoms with Crippen molar-refractivity contribution < 1.29 is 4.52 Å². The maximum absolute atomic E-state index is 5.77. The summed E-state index contributed by atoms with van der Waals surface area (Å²) in [6.07, 6.45) is 3.27. The highest BCUT2D eigenvalue weighted by molar-refractivity contribution is 5.45. The van der Waals surface area contributed by atoms with Gasteiger partial charge < -0.3 is 10.3 Å². The molecule has 0 saturated heterocycles. The molecule has 0 bridgehead atoms. The van der Waals surface area contributed by atoms with Gasteiger partial charge in [0, 0.05) is 11.5 Å². The number of hydrogen-bond donors (Lipinski definition) is 1. The number of aromatic nitrogens is 1. The Balaban J connectivity index is 2.05. The first-order valence-electron chi connectivity index (χ1n) is 5.65. The molecule has 3 nitrogen and oxygen atoms in total. The van der Waals surface area contributed by atoms with Crippen molar-refractivity contribution in [2.45, 2.75) is 25.2 Å². The van der Waals surface area contributed by atoms with E-state index in [0.717, 1.165) is 30.5 Å². The molecule has 1 atom stereocenters. The van der Waals surface area contributed by atoms with Gasteiger partial charge in [0.1, 0.15) is 0 Å². The lowest BCUT2D eigenvalue weighted by Crippen LogP contribution is -2.11. The molecule has 16 heavy (non-hydrogen) atoms. The second-order valence-corrected chi connectivity index (χ2v) is 4.27. The molecule has 0 fully saturated rings. The zero-order chi connectivity index (χ0) is 11.0. The Morgan fingerprint density at radius 3 is 2.88 bits per heavy atom. The van der Waals surface area contributed by atoms with Crippen LogP contribution < -0.4 is 5.73 Å². The lowest BCUT2D eigenvalue weighted by atomic mass is 9.83. The Morgan fingerprint density at radius 1 is 1.25 bits per heavy atom. The number of rotatable bonds is 1. The van der Waals surface area contributed by atoms with Gasteiger partial charge in [-0.25, -0.2) is 0 Å². The summed E-state index contributed by atoms with van der Waals surface area (Å²) < 4.78 is 5.10. The van der Waals surface area contributed by atoms with Gasteiger partial charge in [0.2, 0.25) is 5.88 Å². The van der Waals surface area contributed by atoms with E-state index in [0.29, 0.717) is 11.8 Å². The molecule has 1 heterocycles. The first-order chi connectivity index (χ1) is 7.86. The molecular formula is C13H14N2O. The van der Waals surface area contributed by atoms with Gasteiger partial charge in [0.15, 0.2) is 0 Å². The molecule has 0 radical (unpaired) electrons. The van der Waals surface area contributed by atoms with Crippen molar-refractivity contribution in [2.75, 3.05) is 5.73 Å². The first-order valence-corrected chi connectivity index (χ1v) is 5.65. The maximum atomic E-state index is 5.77. The molecule has 3 heteroatoms. The predicted molar refractivity (Wildman–Crippen MR) is 62.1 cm³/mol. The van der Waals surface area contributed by atoms with Crippen molar-refractivity contribution in [3.63, 3.8) is 0 Å². The third-order valence-electron chi connectivity index (χ3n) is 3.30. The Hall–Kier alpha value is -1.77. The van der Waals surface area contributed by atoms with Gasteiger partial charge in [-0.05, 0) is 24.8 Å². The Labute approximate surface area is 94.2 Å². The lowest BCUT2D eigenvalue weighted by molar-refractivity contribution is 0.422. The zero-order valence-corrected chi connectivity index (χ0v) is 9.02. The molecule has 0 saturated carbocycles. The van der Waals surface area contributed by atoms with E-state index in [4.69, 9.17) is 10.3 Å². The summed E-state index contributed by atoms with van der Waals surface area (Å²) in [6.45, 7) is 0. The van der Waals surface area contributed by atoms with Gasteiger partial charge in [-0.1, -0.05) is 35.5 Å². The van der Waals surface area contributed by atoms with Crippen LogP contribution in [0.5, 0.6) is 0 Å². The quantitative estimate of drug-likeness (QED) is 0.794. The van der Waals surface area contributed by atoms with Crippen molar-refractivity contribution in [2.24, 2.45) is 0 Å². The predicted octanol–water partition coefficient (Wildman–Crippen LogP) is 2.73. The number of hydrogen-bond acceptors (Lipinski definition) is 3. The molecule has 1 unspecified atom stereocenters. The molecule has 2 N–H and O–H groups in total. The summed E-state index contributed by atoms with van der Waals surface area (Å²) in [5.74, 6) is 0.849. The summed E-state index contributed by atoms with van der Waals surface area (Å²) in [5, 5.41) is 4.11. The van der Waals surface area contributed by atoms with Gasteiger partial charge in [0.05, 0.1) is 5.69 Å². The van der Waals surface area contributed by atoms with Crippen LogP contribution in [-0.4, -0.2) is 5.16 Å². The van der Waals surface area contributed by atoms with E-state index in [9.17, 15) is 0 Å². The standard InChI is InChI=1S/C13H14N2O/c14-13-11-8-4-7-10(12(11)15-16-13)9-5-2-1-3-6-9/h1-3,5-6,10H,4,7-8,14H2. The minimum Gasteiger partial charge on any atom is -0.367 e. The minimum absolute atomic E-state index is 0.353. The normalized spacial score (nSPS) is 19.4. The molecule has 2 aromatic rings. The van der Waals surface area contributed by atoms with E-state index in [2.05, 4.69) is 29.4 Å². The van der Waals surface area contributed by atoms with Crippen molar-refractivity contribution >= 4 is 5.88 Å². The van der Waals surface area contributed by atoms with Gasteiger partial charge >= 0.3 is 0 Å². The van der Waals surface area contributed by atoms with Gasteiger partial charge in [0.25, 0.3) is 0 Å². The van der Waals surface area contributed by atoms with Gasteiger partial charge in [-0.2, -0.15) is 0 Å². The molecule has 3 rings (SSSR count). The molecule has 82 valence electrons. The van der Waals surface area contributed by atoms with Crippen LogP contribution in [0.2, 0.25) is 0 Å². The van der Waals surface area contributed by atoms with E-state index in [1.54, 1.807) is 0 Å². The molecule has 1 aliphatic carbocycles. The number of anilines is 1. The summed E-state index contributed by atoms with van der Waals surface area (Å²) in [5.41, 5.74) is 9.22. The number of nitrogens with two attached hydrogens (primary N) is 1. The van der Waals surface area contributed by atoms with E-state index in [1.807, 2.05) is 6.07 Å².